The van der Waals surface area contributed by atoms with E-state index in [1.807, 2.05) is 78.6 Å². The highest BCUT2D eigenvalue weighted by molar-refractivity contribution is 5.90. The smallest absolute Gasteiger partial charge is 0.322 e. The summed E-state index contributed by atoms with van der Waals surface area (Å²) in [6.45, 7) is 4.60. The Balaban J connectivity index is 1.24. The molecule has 1 aliphatic rings. The van der Waals surface area contributed by atoms with Gasteiger partial charge in [0.15, 0.2) is 0 Å². The predicted molar refractivity (Wildman–Crippen MR) is 164 cm³/mol. The fourth-order valence-corrected chi connectivity index (χ4v) is 5.65. The van der Waals surface area contributed by atoms with Crippen LogP contribution in [0.4, 0.5) is 19.3 Å². The van der Waals surface area contributed by atoms with Gasteiger partial charge in [0.1, 0.15) is 11.6 Å². The Kier molecular flexibility index (Phi) is 9.79. The van der Waals surface area contributed by atoms with Crippen LogP contribution in [-0.2, 0) is 4.79 Å². The molecule has 43 heavy (non-hydrogen) atoms. The molecule has 1 unspecified atom stereocenters. The zero-order chi connectivity index (χ0) is 30.2. The Morgan fingerprint density at radius 1 is 0.767 bits per heavy atom. The average molecular weight is 583 g/mol. The van der Waals surface area contributed by atoms with Gasteiger partial charge in [-0.1, -0.05) is 91.0 Å². The molecule has 8 heteroatoms. The summed E-state index contributed by atoms with van der Waals surface area (Å²) in [6, 6.07) is 32.4. The summed E-state index contributed by atoms with van der Waals surface area (Å²) >= 11 is 0. The first-order valence-electron chi connectivity index (χ1n) is 14.6. The van der Waals surface area contributed by atoms with Crippen molar-refractivity contribution in [3.63, 3.8) is 0 Å². The van der Waals surface area contributed by atoms with Crippen LogP contribution >= 0.6 is 0 Å². The van der Waals surface area contributed by atoms with Gasteiger partial charge in [-0.15, -0.1) is 0 Å². The number of amides is 3. The number of anilines is 1. The molecule has 5 rings (SSSR count). The van der Waals surface area contributed by atoms with Gasteiger partial charge < -0.3 is 15.1 Å². The first-order valence-corrected chi connectivity index (χ1v) is 14.6. The van der Waals surface area contributed by atoms with Crippen LogP contribution in [0.5, 0.6) is 0 Å². The minimum Gasteiger partial charge on any atom is -0.340 e. The molecule has 0 spiro atoms. The lowest BCUT2D eigenvalue weighted by atomic mass is 9.96. The van der Waals surface area contributed by atoms with Gasteiger partial charge in [0.2, 0.25) is 5.91 Å². The van der Waals surface area contributed by atoms with Gasteiger partial charge in [0.25, 0.3) is 0 Å². The second-order valence-electron chi connectivity index (χ2n) is 10.7. The molecular formula is C35H36F2N4O2. The number of hydrogen-bond acceptors (Lipinski definition) is 3. The number of carbonyl (C=O) groups is 2. The molecule has 0 aromatic heterocycles. The van der Waals surface area contributed by atoms with Crippen LogP contribution in [0.3, 0.4) is 0 Å². The minimum absolute atomic E-state index is 0.0401. The third kappa shape index (κ3) is 7.45. The van der Waals surface area contributed by atoms with E-state index in [2.05, 4.69) is 34.5 Å². The van der Waals surface area contributed by atoms with E-state index in [0.717, 1.165) is 17.7 Å². The summed E-state index contributed by atoms with van der Waals surface area (Å²) in [6.07, 6.45) is 0.122. The van der Waals surface area contributed by atoms with Crippen LogP contribution in [0.25, 0.3) is 0 Å². The first kappa shape index (κ1) is 29.9. The van der Waals surface area contributed by atoms with Gasteiger partial charge in [0, 0.05) is 45.2 Å². The van der Waals surface area contributed by atoms with E-state index in [1.165, 1.54) is 22.1 Å². The third-order valence-corrected chi connectivity index (χ3v) is 8.01. The number of halogens is 2. The molecule has 0 radical (unpaired) electrons. The maximum Gasteiger partial charge on any atom is 0.322 e. The van der Waals surface area contributed by atoms with Crippen molar-refractivity contribution in [3.8, 4) is 0 Å². The molecule has 1 saturated heterocycles. The Labute approximate surface area is 251 Å². The second-order valence-corrected chi connectivity index (χ2v) is 10.7. The van der Waals surface area contributed by atoms with Crippen LogP contribution in [-0.4, -0.2) is 59.4 Å². The summed E-state index contributed by atoms with van der Waals surface area (Å²) in [7, 11) is 0. The highest BCUT2D eigenvalue weighted by Gasteiger charge is 2.29. The Bertz CT molecular complexity index is 1460. The van der Waals surface area contributed by atoms with Gasteiger partial charge in [-0.25, -0.2) is 13.6 Å². The summed E-state index contributed by atoms with van der Waals surface area (Å²) in [5, 5.41) is 2.55. The highest BCUT2D eigenvalue weighted by Crippen LogP contribution is 2.30. The number of rotatable bonds is 9. The van der Waals surface area contributed by atoms with Crippen molar-refractivity contribution in [1.29, 1.82) is 0 Å². The quantitative estimate of drug-likeness (QED) is 0.234. The maximum absolute atomic E-state index is 14.3. The van der Waals surface area contributed by atoms with Crippen molar-refractivity contribution < 1.29 is 18.4 Å². The zero-order valence-electron chi connectivity index (χ0n) is 24.2. The van der Waals surface area contributed by atoms with E-state index >= 15 is 0 Å². The number of piperazine rings is 1. The van der Waals surface area contributed by atoms with Gasteiger partial charge in [0.05, 0.1) is 17.8 Å². The molecule has 1 heterocycles. The maximum atomic E-state index is 14.3. The van der Waals surface area contributed by atoms with Gasteiger partial charge >= 0.3 is 6.03 Å². The predicted octanol–water partition coefficient (Wildman–Crippen LogP) is 6.88. The van der Waals surface area contributed by atoms with Crippen molar-refractivity contribution in [1.82, 2.24) is 14.7 Å². The average Bonchev–Trinajstić information content (AvgIpc) is 3.04. The molecule has 6 nitrogen and oxygen atoms in total. The van der Waals surface area contributed by atoms with Gasteiger partial charge in [-0.3, -0.25) is 9.69 Å². The number of urea groups is 1. The van der Waals surface area contributed by atoms with Crippen LogP contribution in [0.2, 0.25) is 0 Å². The summed E-state index contributed by atoms with van der Waals surface area (Å²) in [5.41, 5.74) is 3.18. The lowest BCUT2D eigenvalue weighted by molar-refractivity contribution is -0.133. The van der Waals surface area contributed by atoms with Crippen molar-refractivity contribution in [3.05, 3.63) is 138 Å². The van der Waals surface area contributed by atoms with E-state index < -0.39 is 17.7 Å². The second kappa shape index (κ2) is 14.1. The molecule has 0 aliphatic carbocycles. The SMILES string of the molecule is CC(c1ccccc1)N(CCC(=O)N1CCN(C(c2ccccc2)c2ccccc2)CC1)C(=O)Nc1ccc(F)cc1F. The summed E-state index contributed by atoms with van der Waals surface area (Å²) in [5.74, 6) is -1.63. The molecule has 3 amide bonds. The van der Waals surface area contributed by atoms with E-state index in [0.29, 0.717) is 26.2 Å². The molecule has 1 fully saturated rings. The van der Waals surface area contributed by atoms with E-state index in [1.54, 1.807) is 0 Å². The number of hydrogen-bond donors (Lipinski definition) is 1. The van der Waals surface area contributed by atoms with Gasteiger partial charge in [-0.2, -0.15) is 0 Å². The lowest BCUT2D eigenvalue weighted by Crippen LogP contribution is -2.50. The number of nitrogens with zero attached hydrogens (tertiary/aromatic N) is 3. The molecule has 222 valence electrons. The monoisotopic (exact) mass is 582 g/mol. The lowest BCUT2D eigenvalue weighted by Gasteiger charge is -2.40. The van der Waals surface area contributed by atoms with Gasteiger partial charge in [-0.05, 0) is 35.7 Å². The minimum atomic E-state index is -0.862. The van der Waals surface area contributed by atoms with Crippen molar-refractivity contribution in [2.24, 2.45) is 0 Å². The third-order valence-electron chi connectivity index (χ3n) is 8.01. The molecule has 1 N–H and O–H groups in total. The zero-order valence-corrected chi connectivity index (χ0v) is 24.2. The Morgan fingerprint density at radius 3 is 1.84 bits per heavy atom. The van der Waals surface area contributed by atoms with E-state index in [9.17, 15) is 18.4 Å². The normalized spacial score (nSPS) is 14.4. The van der Waals surface area contributed by atoms with Crippen LogP contribution in [0.15, 0.2) is 109 Å². The van der Waals surface area contributed by atoms with Crippen LogP contribution < -0.4 is 5.32 Å². The fourth-order valence-electron chi connectivity index (χ4n) is 5.65. The van der Waals surface area contributed by atoms with Crippen molar-refractivity contribution in [2.45, 2.75) is 25.4 Å². The molecule has 0 bridgehead atoms. The molecule has 4 aromatic carbocycles. The number of carbonyl (C=O) groups excluding carboxylic acids is 2. The molecular weight excluding hydrogens is 546 g/mol. The standard InChI is InChI=1S/C35H36F2N4O2/c1-26(27-11-5-2-6-12-27)41(35(43)38-32-18-17-30(36)25-31(32)37)20-19-33(42)39-21-23-40(24-22-39)34(28-13-7-3-8-14-28)29-15-9-4-10-16-29/h2-18,25-26,34H,19-24H2,1H3,(H,38,43). The molecule has 1 aliphatic heterocycles. The number of nitrogens with one attached hydrogen (secondary N) is 1. The van der Waals surface area contributed by atoms with E-state index in [4.69, 9.17) is 0 Å². The molecule has 0 saturated carbocycles. The summed E-state index contributed by atoms with van der Waals surface area (Å²) in [4.78, 5) is 32.5. The largest absolute Gasteiger partial charge is 0.340 e. The number of benzene rings is 4. The highest BCUT2D eigenvalue weighted by atomic mass is 19.1. The van der Waals surface area contributed by atoms with Crippen molar-refractivity contribution in [2.75, 3.05) is 38.0 Å². The van der Waals surface area contributed by atoms with Crippen LogP contribution in [0, 0.1) is 11.6 Å². The first-order chi connectivity index (χ1) is 20.9. The fraction of sp³-hybridized carbons (Fsp3) is 0.257. The Hall–Kier alpha value is -4.56. The topological polar surface area (TPSA) is 55.9 Å². The Morgan fingerprint density at radius 2 is 1.30 bits per heavy atom. The van der Waals surface area contributed by atoms with E-state index in [-0.39, 0.29) is 36.6 Å². The molecule has 4 aromatic rings. The van der Waals surface area contributed by atoms with Crippen LogP contribution in [0.1, 0.15) is 42.1 Å². The molecule has 1 atom stereocenters. The van der Waals surface area contributed by atoms with Crippen molar-refractivity contribution >= 4 is 17.6 Å². The summed E-state index contributed by atoms with van der Waals surface area (Å²) < 4.78 is 27.7.